The van der Waals surface area contributed by atoms with Crippen LogP contribution < -0.4 is 15.4 Å². The number of ether oxygens (including phenoxy) is 2. The Morgan fingerprint density at radius 3 is 2.72 bits per heavy atom. The van der Waals surface area contributed by atoms with Gasteiger partial charge in [0.1, 0.15) is 18.5 Å². The molecule has 2 aromatic rings. The van der Waals surface area contributed by atoms with Crippen LogP contribution in [0.2, 0.25) is 0 Å². The van der Waals surface area contributed by atoms with E-state index in [1.807, 2.05) is 19.1 Å². The Morgan fingerprint density at radius 2 is 1.94 bits per heavy atom. The predicted molar refractivity (Wildman–Crippen MR) is 135 cm³/mol. The molecule has 0 spiro atoms. The summed E-state index contributed by atoms with van der Waals surface area (Å²) in [5.74, 6) is 0.144. The van der Waals surface area contributed by atoms with Gasteiger partial charge in [0.2, 0.25) is 11.8 Å². The van der Waals surface area contributed by atoms with Gasteiger partial charge in [-0.3, -0.25) is 19.4 Å². The average Bonchev–Trinajstić information content (AvgIpc) is 2.87. The zero-order valence-corrected chi connectivity index (χ0v) is 20.9. The van der Waals surface area contributed by atoms with Gasteiger partial charge in [-0.15, -0.1) is 0 Å². The van der Waals surface area contributed by atoms with Crippen molar-refractivity contribution in [2.75, 3.05) is 25.5 Å². The highest BCUT2D eigenvalue weighted by Gasteiger charge is 2.39. The molecule has 9 heteroatoms. The monoisotopic (exact) mass is 494 g/mol. The molecule has 0 unspecified atom stereocenters. The average molecular weight is 495 g/mol. The Morgan fingerprint density at radius 1 is 1.14 bits per heavy atom. The summed E-state index contributed by atoms with van der Waals surface area (Å²) in [6.45, 7) is 2.77. The van der Waals surface area contributed by atoms with Crippen molar-refractivity contribution in [3.8, 4) is 5.75 Å². The summed E-state index contributed by atoms with van der Waals surface area (Å²) in [5.41, 5.74) is 2.11. The first-order valence-corrected chi connectivity index (χ1v) is 12.6. The molecule has 36 heavy (non-hydrogen) atoms. The van der Waals surface area contributed by atoms with Crippen LogP contribution in [-0.2, 0) is 20.7 Å². The molecule has 3 heterocycles. The normalized spacial score (nSPS) is 21.3. The zero-order valence-electron chi connectivity index (χ0n) is 20.9. The maximum Gasteiger partial charge on any atom is 0.257 e. The SMILES string of the molecule is CCCC(=O)Nc1ccc2c(c1)C(=O)N(C)[C@H]1CC[C@@H](CC(=O)NCCc3ccncc3)O[C@H]1CO2. The molecule has 1 saturated heterocycles. The predicted octanol–water partition coefficient (Wildman–Crippen LogP) is 2.95. The van der Waals surface area contributed by atoms with E-state index in [-0.39, 0.29) is 49.0 Å². The van der Waals surface area contributed by atoms with Crippen molar-refractivity contribution < 1.29 is 23.9 Å². The van der Waals surface area contributed by atoms with Crippen molar-refractivity contribution in [3.63, 3.8) is 0 Å². The lowest BCUT2D eigenvalue weighted by Crippen LogP contribution is -2.54. The summed E-state index contributed by atoms with van der Waals surface area (Å²) in [6, 6.07) is 8.83. The van der Waals surface area contributed by atoms with Crippen LogP contribution in [0.4, 0.5) is 5.69 Å². The van der Waals surface area contributed by atoms with E-state index in [9.17, 15) is 14.4 Å². The van der Waals surface area contributed by atoms with E-state index in [2.05, 4.69) is 15.6 Å². The molecule has 1 aromatic heterocycles. The summed E-state index contributed by atoms with van der Waals surface area (Å²) in [7, 11) is 1.77. The number of carbonyl (C=O) groups excluding carboxylic acids is 3. The molecule has 0 aliphatic carbocycles. The van der Waals surface area contributed by atoms with Crippen molar-refractivity contribution in [1.29, 1.82) is 0 Å². The van der Waals surface area contributed by atoms with E-state index in [0.717, 1.165) is 18.4 Å². The first-order valence-electron chi connectivity index (χ1n) is 12.6. The number of fused-ring (bicyclic) bond motifs is 2. The number of rotatable bonds is 8. The molecule has 1 fully saturated rings. The number of hydrogen-bond donors (Lipinski definition) is 2. The number of carbonyl (C=O) groups is 3. The van der Waals surface area contributed by atoms with E-state index >= 15 is 0 Å². The summed E-state index contributed by atoms with van der Waals surface area (Å²) >= 11 is 0. The Bertz CT molecular complexity index is 1080. The molecule has 0 saturated carbocycles. The van der Waals surface area contributed by atoms with Crippen LogP contribution in [0.25, 0.3) is 0 Å². The Labute approximate surface area is 211 Å². The lowest BCUT2D eigenvalue weighted by atomic mass is 9.94. The lowest BCUT2D eigenvalue weighted by Gasteiger charge is -2.42. The molecule has 2 aliphatic heterocycles. The van der Waals surface area contributed by atoms with Crippen LogP contribution in [0.1, 0.15) is 54.9 Å². The number of nitrogens with one attached hydrogen (secondary N) is 2. The second-order valence-electron chi connectivity index (χ2n) is 9.34. The molecule has 0 radical (unpaired) electrons. The van der Waals surface area contributed by atoms with Crippen LogP contribution in [0.15, 0.2) is 42.7 Å². The molecule has 1 aromatic carbocycles. The van der Waals surface area contributed by atoms with Gasteiger partial charge in [-0.05, 0) is 61.6 Å². The van der Waals surface area contributed by atoms with Crippen LogP contribution >= 0.6 is 0 Å². The van der Waals surface area contributed by atoms with Gasteiger partial charge in [0.15, 0.2) is 0 Å². The molecule has 3 amide bonds. The van der Waals surface area contributed by atoms with Gasteiger partial charge in [0, 0.05) is 38.1 Å². The van der Waals surface area contributed by atoms with Gasteiger partial charge in [-0.2, -0.15) is 0 Å². The van der Waals surface area contributed by atoms with Crippen molar-refractivity contribution in [2.24, 2.45) is 0 Å². The first-order chi connectivity index (χ1) is 17.4. The number of anilines is 1. The van der Waals surface area contributed by atoms with E-state index in [0.29, 0.717) is 42.8 Å². The van der Waals surface area contributed by atoms with Crippen molar-refractivity contribution in [3.05, 3.63) is 53.9 Å². The number of nitrogens with zero attached hydrogens (tertiary/aromatic N) is 2. The van der Waals surface area contributed by atoms with Gasteiger partial charge in [0.05, 0.1) is 24.1 Å². The van der Waals surface area contributed by atoms with Crippen molar-refractivity contribution in [1.82, 2.24) is 15.2 Å². The quantitative estimate of drug-likeness (QED) is 0.584. The Kier molecular flexibility index (Phi) is 8.53. The second kappa shape index (κ2) is 12.0. The second-order valence-corrected chi connectivity index (χ2v) is 9.34. The maximum atomic E-state index is 13.3. The van der Waals surface area contributed by atoms with Gasteiger partial charge in [-0.25, -0.2) is 0 Å². The molecule has 2 aliphatic rings. The summed E-state index contributed by atoms with van der Waals surface area (Å²) in [4.78, 5) is 43.5. The minimum atomic E-state index is -0.334. The van der Waals surface area contributed by atoms with Crippen LogP contribution in [0.5, 0.6) is 5.75 Å². The maximum absolute atomic E-state index is 13.3. The molecule has 4 rings (SSSR count). The number of aromatic nitrogens is 1. The number of hydrogen-bond acceptors (Lipinski definition) is 6. The zero-order chi connectivity index (χ0) is 25.5. The standard InChI is InChI=1S/C27H34N4O5/c1-3-4-25(32)30-19-5-8-23-21(15-19)27(34)31(2)22-7-6-20(36-24(22)17-35-23)16-26(33)29-14-11-18-9-12-28-13-10-18/h5,8-10,12-13,15,20,22,24H,3-4,6-7,11,14,16-17H2,1-2H3,(H,29,33)(H,30,32)/t20-,22-,24-/m0/s1. The highest BCUT2D eigenvalue weighted by molar-refractivity contribution is 5.99. The van der Waals surface area contributed by atoms with E-state index in [4.69, 9.17) is 9.47 Å². The van der Waals surface area contributed by atoms with Gasteiger partial charge in [-0.1, -0.05) is 6.92 Å². The van der Waals surface area contributed by atoms with E-state index in [1.54, 1.807) is 42.5 Å². The third-order valence-corrected chi connectivity index (χ3v) is 6.67. The lowest BCUT2D eigenvalue weighted by molar-refractivity contribution is -0.134. The van der Waals surface area contributed by atoms with Crippen LogP contribution in [0.3, 0.4) is 0 Å². The van der Waals surface area contributed by atoms with Crippen LogP contribution in [-0.4, -0.2) is 66.1 Å². The fourth-order valence-electron chi connectivity index (χ4n) is 4.73. The molecule has 192 valence electrons. The minimum absolute atomic E-state index is 0.0494. The largest absolute Gasteiger partial charge is 0.490 e. The fourth-order valence-corrected chi connectivity index (χ4v) is 4.73. The van der Waals surface area contributed by atoms with Crippen molar-refractivity contribution >= 4 is 23.4 Å². The number of pyridine rings is 1. The Balaban J connectivity index is 1.34. The molecule has 2 N–H and O–H groups in total. The number of likely N-dealkylation sites (N-methyl/N-ethyl adjacent to an activating group) is 1. The smallest absolute Gasteiger partial charge is 0.257 e. The van der Waals surface area contributed by atoms with Gasteiger partial charge < -0.3 is 25.0 Å². The van der Waals surface area contributed by atoms with Crippen molar-refractivity contribution in [2.45, 2.75) is 63.7 Å². The molecule has 0 bridgehead atoms. The number of benzene rings is 1. The van der Waals surface area contributed by atoms with Gasteiger partial charge in [0.25, 0.3) is 5.91 Å². The summed E-state index contributed by atoms with van der Waals surface area (Å²) in [5, 5.41) is 5.80. The summed E-state index contributed by atoms with van der Waals surface area (Å²) in [6.07, 6.45) is 6.50. The topological polar surface area (TPSA) is 110 Å². The molecular weight excluding hydrogens is 460 g/mol. The minimum Gasteiger partial charge on any atom is -0.490 e. The third kappa shape index (κ3) is 6.40. The molecular formula is C27H34N4O5. The molecule has 3 atom stereocenters. The highest BCUT2D eigenvalue weighted by Crippen LogP contribution is 2.32. The van der Waals surface area contributed by atoms with E-state index in [1.165, 1.54) is 0 Å². The third-order valence-electron chi connectivity index (χ3n) is 6.67. The van der Waals surface area contributed by atoms with Crippen LogP contribution in [0, 0.1) is 0 Å². The highest BCUT2D eigenvalue weighted by atomic mass is 16.5. The fraction of sp³-hybridized carbons (Fsp3) is 0.481. The Hall–Kier alpha value is -3.46. The first kappa shape index (κ1) is 25.6. The molecule has 9 nitrogen and oxygen atoms in total. The van der Waals surface area contributed by atoms with E-state index < -0.39 is 0 Å². The summed E-state index contributed by atoms with van der Waals surface area (Å²) < 4.78 is 12.3. The number of amides is 3. The van der Waals surface area contributed by atoms with Gasteiger partial charge >= 0.3 is 0 Å².